The molecular formula is C30H30ClN5O3. The molecule has 8 nitrogen and oxygen atoms in total. The van der Waals surface area contributed by atoms with E-state index >= 15 is 0 Å². The highest BCUT2D eigenvalue weighted by molar-refractivity contribution is 6.34. The van der Waals surface area contributed by atoms with E-state index < -0.39 is 0 Å². The molecule has 0 spiro atoms. The number of aryl methyl sites for hydroxylation is 3. The summed E-state index contributed by atoms with van der Waals surface area (Å²) in [5.41, 5.74) is 5.79. The SMILES string of the molecule is COc1cccc(Cl)c1-c1noc(C)c1C(=O)NC12CCC(n3cc(-c4ccc5c(c4)CCC5)nn3)(CC1)C2. The summed E-state index contributed by atoms with van der Waals surface area (Å²) >= 11 is 6.51. The zero-order valence-corrected chi connectivity index (χ0v) is 22.8. The summed E-state index contributed by atoms with van der Waals surface area (Å²) < 4.78 is 13.0. The van der Waals surface area contributed by atoms with Gasteiger partial charge in [-0.15, -0.1) is 5.10 Å². The minimum Gasteiger partial charge on any atom is -0.496 e. The third kappa shape index (κ3) is 3.87. The van der Waals surface area contributed by atoms with Gasteiger partial charge in [0.05, 0.1) is 29.4 Å². The van der Waals surface area contributed by atoms with Crippen LogP contribution in [0.15, 0.2) is 47.1 Å². The van der Waals surface area contributed by atoms with Gasteiger partial charge in [-0.05, 0) is 87.6 Å². The third-order valence-electron chi connectivity index (χ3n) is 9.08. The van der Waals surface area contributed by atoms with Gasteiger partial charge in [-0.1, -0.05) is 40.2 Å². The van der Waals surface area contributed by atoms with E-state index in [2.05, 4.69) is 49.9 Å². The zero-order valence-electron chi connectivity index (χ0n) is 22.1. The smallest absolute Gasteiger partial charge is 0.257 e. The molecule has 3 aliphatic carbocycles. The standard InChI is InChI=1S/C30H30ClN5O3/c1-18-25(27(34-39-18)26-22(31)7-4-8-24(26)38-2)28(37)32-29-11-13-30(17-29,14-12-29)36-16-23(33-35-36)21-10-9-19-5-3-6-20(19)15-21/h4,7-10,15-16H,3,5-6,11-14,17H2,1-2H3,(H,32,37). The number of carbonyl (C=O) groups is 1. The van der Waals surface area contributed by atoms with Crippen molar-refractivity contribution in [1.82, 2.24) is 25.5 Å². The number of carbonyl (C=O) groups excluding carboxylic acids is 1. The van der Waals surface area contributed by atoms with E-state index in [1.165, 1.54) is 24.0 Å². The molecule has 9 heteroatoms. The summed E-state index contributed by atoms with van der Waals surface area (Å²) in [5, 5.41) is 17.2. The van der Waals surface area contributed by atoms with Crippen LogP contribution >= 0.6 is 11.6 Å². The zero-order chi connectivity index (χ0) is 26.8. The maximum atomic E-state index is 13.8. The molecule has 0 radical (unpaired) electrons. The highest BCUT2D eigenvalue weighted by atomic mass is 35.5. The average molecular weight is 544 g/mol. The monoisotopic (exact) mass is 543 g/mol. The van der Waals surface area contributed by atoms with Gasteiger partial charge in [-0.2, -0.15) is 0 Å². The van der Waals surface area contributed by atoms with Crippen molar-refractivity contribution in [2.75, 3.05) is 7.11 Å². The van der Waals surface area contributed by atoms with Gasteiger partial charge < -0.3 is 14.6 Å². The highest BCUT2D eigenvalue weighted by Crippen LogP contribution is 2.55. The maximum absolute atomic E-state index is 13.8. The number of amides is 1. The quantitative estimate of drug-likeness (QED) is 0.325. The van der Waals surface area contributed by atoms with Gasteiger partial charge in [0.1, 0.15) is 28.5 Å². The second kappa shape index (κ2) is 8.95. The van der Waals surface area contributed by atoms with Gasteiger partial charge in [-0.3, -0.25) is 4.79 Å². The molecule has 2 fully saturated rings. The molecule has 0 saturated heterocycles. The van der Waals surface area contributed by atoms with Crippen LogP contribution in [0.1, 0.15) is 65.8 Å². The lowest BCUT2D eigenvalue weighted by molar-refractivity contribution is 0.0900. The molecule has 2 saturated carbocycles. The first-order valence-corrected chi connectivity index (χ1v) is 13.9. The second-order valence-corrected chi connectivity index (χ2v) is 11.7. The van der Waals surface area contributed by atoms with E-state index in [9.17, 15) is 4.79 Å². The van der Waals surface area contributed by atoms with Crippen molar-refractivity contribution in [2.24, 2.45) is 0 Å². The van der Waals surface area contributed by atoms with E-state index in [0.717, 1.165) is 49.8 Å². The summed E-state index contributed by atoms with van der Waals surface area (Å²) in [5.74, 6) is 0.772. The van der Waals surface area contributed by atoms with Crippen LogP contribution in [-0.2, 0) is 18.4 Å². The van der Waals surface area contributed by atoms with Crippen molar-refractivity contribution in [3.05, 3.63) is 70.1 Å². The minimum absolute atomic E-state index is 0.145. The summed E-state index contributed by atoms with van der Waals surface area (Å²) in [6, 6.07) is 12.0. The first kappa shape index (κ1) is 24.4. The molecule has 1 amide bonds. The third-order valence-corrected chi connectivity index (χ3v) is 9.39. The van der Waals surface area contributed by atoms with Crippen LogP contribution in [0.4, 0.5) is 0 Å². The Morgan fingerprint density at radius 1 is 1.13 bits per heavy atom. The largest absolute Gasteiger partial charge is 0.496 e. The first-order chi connectivity index (χ1) is 18.9. The lowest BCUT2D eigenvalue weighted by Gasteiger charge is -2.28. The maximum Gasteiger partial charge on any atom is 0.257 e. The Labute approximate surface area is 231 Å². The number of nitrogens with zero attached hydrogens (tertiary/aromatic N) is 4. The van der Waals surface area contributed by atoms with E-state index in [1.54, 1.807) is 32.2 Å². The molecule has 2 aromatic heterocycles. The topological polar surface area (TPSA) is 95.1 Å². The Morgan fingerprint density at radius 2 is 1.95 bits per heavy atom. The lowest BCUT2D eigenvalue weighted by Crippen LogP contribution is -2.45. The Morgan fingerprint density at radius 3 is 2.77 bits per heavy atom. The second-order valence-electron chi connectivity index (χ2n) is 11.3. The van der Waals surface area contributed by atoms with Crippen LogP contribution in [0.5, 0.6) is 5.75 Å². The number of methoxy groups -OCH3 is 1. The number of hydrogen-bond donors (Lipinski definition) is 1. The van der Waals surface area contributed by atoms with Crippen molar-refractivity contribution < 1.29 is 14.1 Å². The number of hydrogen-bond acceptors (Lipinski definition) is 6. The summed E-state index contributed by atoms with van der Waals surface area (Å²) in [7, 11) is 1.57. The highest BCUT2D eigenvalue weighted by Gasteiger charge is 2.57. The van der Waals surface area contributed by atoms with Crippen molar-refractivity contribution >= 4 is 17.5 Å². The Balaban J connectivity index is 1.14. The van der Waals surface area contributed by atoms with Crippen LogP contribution in [0.3, 0.4) is 0 Å². The summed E-state index contributed by atoms with van der Waals surface area (Å²) in [4.78, 5) is 13.8. The molecule has 4 aromatic rings. The van der Waals surface area contributed by atoms with Gasteiger partial charge >= 0.3 is 0 Å². The molecule has 200 valence electrons. The molecule has 0 atom stereocenters. The fourth-order valence-corrected chi connectivity index (χ4v) is 7.29. The minimum atomic E-state index is -0.317. The predicted molar refractivity (Wildman–Crippen MR) is 147 cm³/mol. The molecular weight excluding hydrogens is 514 g/mol. The number of rotatable bonds is 6. The lowest BCUT2D eigenvalue weighted by atomic mass is 9.91. The first-order valence-electron chi connectivity index (χ1n) is 13.6. The van der Waals surface area contributed by atoms with Gasteiger partial charge in [0.2, 0.25) is 0 Å². The van der Waals surface area contributed by atoms with Gasteiger partial charge in [0.25, 0.3) is 5.91 Å². The van der Waals surface area contributed by atoms with Crippen LogP contribution in [-0.4, -0.2) is 38.7 Å². The molecule has 0 unspecified atom stereocenters. The number of halogens is 1. The number of nitrogens with one attached hydrogen (secondary N) is 1. The van der Waals surface area contributed by atoms with Crippen LogP contribution < -0.4 is 10.1 Å². The fraction of sp³-hybridized carbons (Fsp3) is 0.400. The molecule has 2 aromatic carbocycles. The molecule has 0 aliphatic heterocycles. The van der Waals surface area contributed by atoms with E-state index in [0.29, 0.717) is 33.4 Å². The van der Waals surface area contributed by atoms with Crippen molar-refractivity contribution in [1.29, 1.82) is 0 Å². The molecule has 7 rings (SSSR count). The molecule has 39 heavy (non-hydrogen) atoms. The predicted octanol–water partition coefficient (Wildman–Crippen LogP) is 5.90. The Hall–Kier alpha value is -3.65. The van der Waals surface area contributed by atoms with Gasteiger partial charge in [-0.25, -0.2) is 4.68 Å². The molecule has 2 bridgehead atoms. The number of benzene rings is 2. The molecule has 1 N–H and O–H groups in total. The summed E-state index contributed by atoms with van der Waals surface area (Å²) in [6.07, 6.45) is 10.1. The van der Waals surface area contributed by atoms with Crippen molar-refractivity contribution in [2.45, 2.75) is 69.4 Å². The fourth-order valence-electron chi connectivity index (χ4n) is 7.03. The molecule has 3 aliphatic rings. The van der Waals surface area contributed by atoms with E-state index in [4.69, 9.17) is 20.9 Å². The van der Waals surface area contributed by atoms with E-state index in [-0.39, 0.29) is 17.0 Å². The van der Waals surface area contributed by atoms with Crippen LogP contribution in [0, 0.1) is 6.92 Å². The Bertz CT molecular complexity index is 1600. The van der Waals surface area contributed by atoms with Crippen molar-refractivity contribution in [3.8, 4) is 28.3 Å². The number of aromatic nitrogens is 4. The molecule has 2 heterocycles. The van der Waals surface area contributed by atoms with E-state index in [1.807, 2.05) is 0 Å². The normalized spacial score (nSPS) is 23.3. The average Bonchev–Trinajstić information content (AvgIpc) is 3.76. The van der Waals surface area contributed by atoms with Crippen LogP contribution in [0.25, 0.3) is 22.5 Å². The Kier molecular flexibility index (Phi) is 5.60. The van der Waals surface area contributed by atoms with Crippen LogP contribution in [0.2, 0.25) is 5.02 Å². The van der Waals surface area contributed by atoms with Crippen molar-refractivity contribution in [3.63, 3.8) is 0 Å². The number of fused-ring (bicyclic) bond motifs is 3. The van der Waals surface area contributed by atoms with Gasteiger partial charge in [0.15, 0.2) is 0 Å². The summed E-state index contributed by atoms with van der Waals surface area (Å²) in [6.45, 7) is 1.75. The number of ether oxygens (including phenoxy) is 1. The van der Waals surface area contributed by atoms with Gasteiger partial charge in [0, 0.05) is 11.1 Å².